The van der Waals surface area contributed by atoms with Crippen molar-refractivity contribution in [3.8, 4) is 0 Å². The number of halogens is 1. The van der Waals surface area contributed by atoms with Crippen molar-refractivity contribution < 1.29 is 9.90 Å². The molecule has 1 aromatic rings. The van der Waals surface area contributed by atoms with E-state index in [1.807, 2.05) is 36.2 Å². The van der Waals surface area contributed by atoms with Crippen molar-refractivity contribution in [1.82, 2.24) is 4.90 Å². The van der Waals surface area contributed by atoms with Crippen LogP contribution in [0.5, 0.6) is 0 Å². The summed E-state index contributed by atoms with van der Waals surface area (Å²) in [6.45, 7) is 1.42. The summed E-state index contributed by atoms with van der Waals surface area (Å²) in [6.07, 6.45) is 1.07. The molecule has 0 aliphatic heterocycles. The van der Waals surface area contributed by atoms with Crippen molar-refractivity contribution in [2.45, 2.75) is 12.8 Å². The summed E-state index contributed by atoms with van der Waals surface area (Å²) in [4.78, 5) is 12.4. The molecule has 0 aromatic heterocycles. The molecule has 0 amide bonds. The molecule has 0 atom stereocenters. The van der Waals surface area contributed by atoms with Crippen molar-refractivity contribution in [1.29, 1.82) is 0 Å². The van der Waals surface area contributed by atoms with E-state index < -0.39 is 5.97 Å². The average Bonchev–Trinajstić information content (AvgIpc) is 2.23. The fourth-order valence-corrected chi connectivity index (χ4v) is 1.62. The first kappa shape index (κ1) is 13.0. The molecule has 0 aliphatic carbocycles. The van der Waals surface area contributed by atoms with Crippen LogP contribution in [-0.2, 0) is 11.2 Å². The molecule has 1 aromatic carbocycles. The molecule has 0 bridgehead atoms. The van der Waals surface area contributed by atoms with E-state index in [4.69, 9.17) is 16.7 Å². The fourth-order valence-electron chi connectivity index (χ4n) is 1.41. The van der Waals surface area contributed by atoms with Crippen LogP contribution >= 0.6 is 11.6 Å². The molecule has 0 aliphatic rings. The van der Waals surface area contributed by atoms with Gasteiger partial charge in [0.1, 0.15) is 0 Å². The third-order valence-corrected chi connectivity index (χ3v) is 2.61. The van der Waals surface area contributed by atoms with Gasteiger partial charge < -0.3 is 10.0 Å². The average molecular weight is 242 g/mol. The zero-order chi connectivity index (χ0) is 12.0. The molecule has 3 nitrogen and oxygen atoms in total. The van der Waals surface area contributed by atoms with Crippen LogP contribution in [0.15, 0.2) is 24.3 Å². The van der Waals surface area contributed by atoms with Crippen LogP contribution < -0.4 is 0 Å². The summed E-state index contributed by atoms with van der Waals surface area (Å²) in [5.74, 6) is -0.755. The number of carboxylic acid groups (broad SMARTS) is 1. The molecule has 0 saturated heterocycles. The van der Waals surface area contributed by atoms with E-state index in [-0.39, 0.29) is 6.42 Å². The van der Waals surface area contributed by atoms with Gasteiger partial charge in [-0.25, -0.2) is 0 Å². The van der Waals surface area contributed by atoms with E-state index >= 15 is 0 Å². The number of nitrogens with zero attached hydrogens (tertiary/aromatic N) is 1. The van der Waals surface area contributed by atoms with E-state index in [1.165, 1.54) is 5.56 Å². The minimum atomic E-state index is -0.755. The molecule has 88 valence electrons. The molecule has 1 N–H and O–H groups in total. The first-order valence-electron chi connectivity index (χ1n) is 5.22. The standard InChI is InChI=1S/C12H16ClNO2/c1-14(8-6-12(15)16)7-5-10-3-2-4-11(13)9-10/h2-4,9H,5-8H2,1H3,(H,15,16). The predicted molar refractivity (Wildman–Crippen MR) is 64.9 cm³/mol. The second-order valence-electron chi connectivity index (χ2n) is 3.83. The van der Waals surface area contributed by atoms with Crippen molar-refractivity contribution in [3.63, 3.8) is 0 Å². The lowest BCUT2D eigenvalue weighted by Gasteiger charge is -2.15. The highest BCUT2D eigenvalue weighted by molar-refractivity contribution is 6.30. The number of carbonyl (C=O) groups is 1. The maximum absolute atomic E-state index is 10.4. The Morgan fingerprint density at radius 1 is 1.44 bits per heavy atom. The number of likely N-dealkylation sites (N-methyl/N-ethyl adjacent to an activating group) is 1. The molecule has 0 unspecified atom stereocenters. The van der Waals surface area contributed by atoms with Crippen LogP contribution in [0.2, 0.25) is 5.02 Å². The van der Waals surface area contributed by atoms with Crippen LogP contribution in [0.3, 0.4) is 0 Å². The first-order valence-corrected chi connectivity index (χ1v) is 5.60. The second-order valence-corrected chi connectivity index (χ2v) is 4.26. The topological polar surface area (TPSA) is 40.5 Å². The molecule has 1 rings (SSSR count). The smallest absolute Gasteiger partial charge is 0.304 e. The lowest BCUT2D eigenvalue weighted by molar-refractivity contribution is -0.137. The van der Waals surface area contributed by atoms with Crippen LogP contribution in [0.25, 0.3) is 0 Å². The second kappa shape index (κ2) is 6.51. The molecule has 0 radical (unpaired) electrons. The Bertz CT molecular complexity index is 355. The Labute approximate surface area is 101 Å². The van der Waals surface area contributed by atoms with Crippen LogP contribution in [0, 0.1) is 0 Å². The Morgan fingerprint density at radius 2 is 2.19 bits per heavy atom. The Balaban J connectivity index is 2.31. The predicted octanol–water partition coefficient (Wildman–Crippen LogP) is 2.29. The third kappa shape index (κ3) is 5.14. The first-order chi connectivity index (χ1) is 7.58. The number of benzene rings is 1. The van der Waals surface area contributed by atoms with E-state index in [0.717, 1.165) is 18.0 Å². The Morgan fingerprint density at radius 3 is 2.81 bits per heavy atom. The van der Waals surface area contributed by atoms with Gasteiger partial charge in [-0.3, -0.25) is 4.79 Å². The molecule has 4 heteroatoms. The highest BCUT2D eigenvalue weighted by Gasteiger charge is 2.03. The molecule has 16 heavy (non-hydrogen) atoms. The minimum absolute atomic E-state index is 0.187. The summed E-state index contributed by atoms with van der Waals surface area (Å²) < 4.78 is 0. The quantitative estimate of drug-likeness (QED) is 0.831. The maximum atomic E-state index is 10.4. The van der Waals surface area contributed by atoms with Crippen molar-refractivity contribution in [2.75, 3.05) is 20.1 Å². The molecular formula is C12H16ClNO2. The largest absolute Gasteiger partial charge is 0.481 e. The van der Waals surface area contributed by atoms with Gasteiger partial charge in [0.2, 0.25) is 0 Å². The van der Waals surface area contributed by atoms with Gasteiger partial charge in [-0.15, -0.1) is 0 Å². The summed E-state index contributed by atoms with van der Waals surface area (Å²) >= 11 is 5.87. The van der Waals surface area contributed by atoms with Gasteiger partial charge in [0.15, 0.2) is 0 Å². The molecule has 0 spiro atoms. The molecule has 0 saturated carbocycles. The Kier molecular flexibility index (Phi) is 5.29. The summed E-state index contributed by atoms with van der Waals surface area (Å²) in [7, 11) is 1.92. The molecular weight excluding hydrogens is 226 g/mol. The van der Waals surface area contributed by atoms with Gasteiger partial charge in [0.05, 0.1) is 6.42 Å². The summed E-state index contributed by atoms with van der Waals surface area (Å²) in [5.41, 5.74) is 1.18. The van der Waals surface area contributed by atoms with Gasteiger partial charge >= 0.3 is 5.97 Å². The number of hydrogen-bond donors (Lipinski definition) is 1. The number of carboxylic acids is 1. The number of aliphatic carboxylic acids is 1. The van der Waals surface area contributed by atoms with Crippen LogP contribution in [0.1, 0.15) is 12.0 Å². The Hall–Kier alpha value is -1.06. The normalized spacial score (nSPS) is 10.7. The van der Waals surface area contributed by atoms with Crippen molar-refractivity contribution in [2.24, 2.45) is 0 Å². The zero-order valence-electron chi connectivity index (χ0n) is 9.32. The van der Waals surface area contributed by atoms with E-state index in [2.05, 4.69) is 0 Å². The lowest BCUT2D eigenvalue weighted by Crippen LogP contribution is -2.24. The SMILES string of the molecule is CN(CCC(=O)O)CCc1cccc(Cl)c1. The van der Waals surface area contributed by atoms with E-state index in [1.54, 1.807) is 0 Å². The minimum Gasteiger partial charge on any atom is -0.481 e. The summed E-state index contributed by atoms with van der Waals surface area (Å²) in [5, 5.41) is 9.28. The lowest BCUT2D eigenvalue weighted by atomic mass is 10.1. The fraction of sp³-hybridized carbons (Fsp3) is 0.417. The summed E-state index contributed by atoms with van der Waals surface area (Å²) in [6, 6.07) is 7.73. The third-order valence-electron chi connectivity index (χ3n) is 2.38. The maximum Gasteiger partial charge on any atom is 0.304 e. The van der Waals surface area contributed by atoms with Crippen molar-refractivity contribution >= 4 is 17.6 Å². The van der Waals surface area contributed by atoms with E-state index in [0.29, 0.717) is 6.54 Å². The van der Waals surface area contributed by atoms with E-state index in [9.17, 15) is 4.79 Å². The zero-order valence-corrected chi connectivity index (χ0v) is 10.1. The number of hydrogen-bond acceptors (Lipinski definition) is 2. The monoisotopic (exact) mass is 241 g/mol. The van der Waals surface area contributed by atoms with Gasteiger partial charge in [-0.2, -0.15) is 0 Å². The molecule has 0 heterocycles. The highest BCUT2D eigenvalue weighted by Crippen LogP contribution is 2.11. The van der Waals surface area contributed by atoms with Gasteiger partial charge in [0, 0.05) is 18.1 Å². The molecule has 0 fully saturated rings. The van der Waals surface area contributed by atoms with Crippen LogP contribution in [-0.4, -0.2) is 36.1 Å². The van der Waals surface area contributed by atoms with Gasteiger partial charge in [0.25, 0.3) is 0 Å². The number of rotatable bonds is 6. The van der Waals surface area contributed by atoms with Gasteiger partial charge in [-0.1, -0.05) is 23.7 Å². The van der Waals surface area contributed by atoms with Gasteiger partial charge in [-0.05, 0) is 31.2 Å². The van der Waals surface area contributed by atoms with Crippen LogP contribution in [0.4, 0.5) is 0 Å². The highest BCUT2D eigenvalue weighted by atomic mass is 35.5. The van der Waals surface area contributed by atoms with Crippen molar-refractivity contribution in [3.05, 3.63) is 34.9 Å².